The molecular weight excluding hydrogens is 394 g/mol. The highest BCUT2D eigenvalue weighted by molar-refractivity contribution is 5.91. The molecule has 8 nitrogen and oxygen atoms in total. The lowest BCUT2D eigenvalue weighted by atomic mass is 10.0. The highest BCUT2D eigenvalue weighted by atomic mass is 16.2. The number of amides is 4. The van der Waals surface area contributed by atoms with Crippen LogP contribution in [0.25, 0.3) is 0 Å². The molecule has 166 valence electrons. The van der Waals surface area contributed by atoms with Crippen LogP contribution in [0.4, 0.5) is 4.79 Å². The Balaban J connectivity index is 1.88. The van der Waals surface area contributed by atoms with E-state index in [1.165, 1.54) is 5.01 Å². The molecule has 31 heavy (non-hydrogen) atoms. The number of terminal acetylenes is 1. The molecule has 0 radical (unpaired) electrons. The molecule has 1 aromatic rings. The van der Waals surface area contributed by atoms with E-state index in [-0.39, 0.29) is 37.5 Å². The van der Waals surface area contributed by atoms with Crippen LogP contribution in [-0.4, -0.2) is 76.0 Å². The van der Waals surface area contributed by atoms with Crippen molar-refractivity contribution in [2.24, 2.45) is 0 Å². The first-order valence-electron chi connectivity index (χ1n) is 10.9. The highest BCUT2D eigenvalue weighted by Crippen LogP contribution is 2.28. The summed E-state index contributed by atoms with van der Waals surface area (Å²) < 4.78 is 0. The number of carbonyl (C=O) groups is 3. The average molecular weight is 426 g/mol. The molecule has 0 aromatic heterocycles. The van der Waals surface area contributed by atoms with Crippen LogP contribution in [-0.2, 0) is 16.1 Å². The van der Waals surface area contributed by atoms with E-state index in [4.69, 9.17) is 6.42 Å². The molecule has 2 aliphatic heterocycles. The van der Waals surface area contributed by atoms with Crippen molar-refractivity contribution in [3.63, 3.8) is 0 Å². The summed E-state index contributed by atoms with van der Waals surface area (Å²) in [6.45, 7) is 5.22. The van der Waals surface area contributed by atoms with E-state index in [0.717, 1.165) is 18.4 Å². The van der Waals surface area contributed by atoms with E-state index < -0.39 is 12.2 Å². The monoisotopic (exact) mass is 425 g/mol. The van der Waals surface area contributed by atoms with Crippen molar-refractivity contribution in [1.29, 1.82) is 0 Å². The first-order valence-corrected chi connectivity index (χ1v) is 10.9. The Hall–Kier alpha value is -3.05. The Morgan fingerprint density at radius 1 is 1.23 bits per heavy atom. The number of benzene rings is 1. The quantitative estimate of drug-likeness (QED) is 0.674. The molecule has 1 N–H and O–H groups in total. The number of urea groups is 1. The van der Waals surface area contributed by atoms with Crippen LogP contribution in [0.2, 0.25) is 0 Å². The van der Waals surface area contributed by atoms with E-state index in [1.54, 1.807) is 14.8 Å². The van der Waals surface area contributed by atoms with E-state index in [1.807, 2.05) is 37.3 Å². The molecule has 0 aliphatic carbocycles. The summed E-state index contributed by atoms with van der Waals surface area (Å²) >= 11 is 0. The Bertz CT molecular complexity index is 837. The van der Waals surface area contributed by atoms with Gasteiger partial charge in [0.2, 0.25) is 11.8 Å². The molecule has 4 amide bonds. The van der Waals surface area contributed by atoms with Gasteiger partial charge in [0.05, 0.1) is 19.6 Å². The van der Waals surface area contributed by atoms with Crippen molar-refractivity contribution in [1.82, 2.24) is 25.1 Å². The van der Waals surface area contributed by atoms with Gasteiger partial charge in [-0.2, -0.15) is 5.01 Å². The van der Waals surface area contributed by atoms with Crippen molar-refractivity contribution < 1.29 is 14.4 Å². The number of carbonyl (C=O) groups excluding carboxylic acids is 3. The average Bonchev–Trinajstić information content (AvgIpc) is 2.77. The second-order valence-electron chi connectivity index (χ2n) is 7.83. The van der Waals surface area contributed by atoms with Crippen LogP contribution in [0, 0.1) is 12.3 Å². The van der Waals surface area contributed by atoms with Crippen LogP contribution in [0.1, 0.15) is 38.7 Å². The first-order chi connectivity index (χ1) is 15.0. The van der Waals surface area contributed by atoms with E-state index in [2.05, 4.69) is 18.2 Å². The van der Waals surface area contributed by atoms with Gasteiger partial charge in [0.15, 0.2) is 0 Å². The molecule has 2 atom stereocenters. The number of hydrogen-bond donors (Lipinski definition) is 1. The van der Waals surface area contributed by atoms with Gasteiger partial charge in [-0.15, -0.1) is 6.42 Å². The lowest BCUT2D eigenvalue weighted by Gasteiger charge is -2.54. The number of nitrogens with one attached hydrogen (secondary N) is 1. The molecule has 0 unspecified atom stereocenters. The number of hydrogen-bond acceptors (Lipinski definition) is 4. The Labute approximate surface area is 184 Å². The second-order valence-corrected chi connectivity index (χ2v) is 7.83. The van der Waals surface area contributed by atoms with Crippen LogP contribution < -0.4 is 5.32 Å². The van der Waals surface area contributed by atoms with Crippen LogP contribution >= 0.6 is 0 Å². The molecule has 3 rings (SSSR count). The van der Waals surface area contributed by atoms with Gasteiger partial charge in [-0.1, -0.05) is 56.0 Å². The predicted molar refractivity (Wildman–Crippen MR) is 117 cm³/mol. The summed E-state index contributed by atoms with van der Waals surface area (Å²) in [5.74, 6) is 2.33. The van der Waals surface area contributed by atoms with Crippen molar-refractivity contribution in [2.45, 2.75) is 51.9 Å². The zero-order chi connectivity index (χ0) is 22.4. The third-order valence-electron chi connectivity index (χ3n) is 5.81. The van der Waals surface area contributed by atoms with Gasteiger partial charge < -0.3 is 15.1 Å². The summed E-state index contributed by atoms with van der Waals surface area (Å²) in [7, 11) is 0. The molecule has 1 aromatic carbocycles. The second kappa shape index (κ2) is 10.3. The molecule has 2 fully saturated rings. The van der Waals surface area contributed by atoms with Gasteiger partial charge >= 0.3 is 6.03 Å². The van der Waals surface area contributed by atoms with E-state index in [0.29, 0.717) is 19.5 Å². The zero-order valence-corrected chi connectivity index (χ0v) is 18.3. The van der Waals surface area contributed by atoms with Gasteiger partial charge in [-0.05, 0) is 18.9 Å². The van der Waals surface area contributed by atoms with Crippen LogP contribution in [0.15, 0.2) is 30.3 Å². The number of unbranched alkanes of at least 4 members (excludes halogenated alkanes) is 1. The topological polar surface area (TPSA) is 76.2 Å². The predicted octanol–water partition coefficient (Wildman–Crippen LogP) is 1.64. The van der Waals surface area contributed by atoms with Crippen molar-refractivity contribution in [3.8, 4) is 12.3 Å². The van der Waals surface area contributed by atoms with Gasteiger partial charge in [0, 0.05) is 13.1 Å². The molecule has 0 bridgehead atoms. The van der Waals surface area contributed by atoms with E-state index in [9.17, 15) is 14.4 Å². The molecule has 2 aliphatic rings. The number of nitrogens with zero attached hydrogens (tertiary/aromatic N) is 4. The smallest absolute Gasteiger partial charge is 0.334 e. The number of hydrazine groups is 1. The molecule has 2 heterocycles. The zero-order valence-electron chi connectivity index (χ0n) is 18.3. The fraction of sp³-hybridized carbons (Fsp3) is 0.522. The van der Waals surface area contributed by atoms with Crippen molar-refractivity contribution >= 4 is 17.8 Å². The Morgan fingerprint density at radius 3 is 2.61 bits per heavy atom. The lowest BCUT2D eigenvalue weighted by Crippen LogP contribution is -2.76. The van der Waals surface area contributed by atoms with Gasteiger partial charge in [-0.25, -0.2) is 9.80 Å². The number of fused-ring (bicyclic) bond motifs is 1. The first kappa shape index (κ1) is 22.6. The molecule has 0 saturated carbocycles. The maximum absolute atomic E-state index is 13.3. The molecule has 8 heteroatoms. The maximum atomic E-state index is 13.3. The maximum Gasteiger partial charge on any atom is 0.334 e. The standard InChI is InChI=1S/C23H31N5O3/c1-4-7-13-19-22(30)25(6-3)16-20-27(19)21(29)17-26(14-5-2)28(20)23(31)24-15-18-11-9-8-10-12-18/h2,8-12,19-20H,4,6-7,13-17H2,1,3H3,(H,24,31)/t19-,20-/m0/s1. The van der Waals surface area contributed by atoms with Gasteiger partial charge in [-0.3, -0.25) is 9.59 Å². The van der Waals surface area contributed by atoms with Crippen LogP contribution in [0.3, 0.4) is 0 Å². The third-order valence-corrected chi connectivity index (χ3v) is 5.81. The summed E-state index contributed by atoms with van der Waals surface area (Å²) in [4.78, 5) is 42.7. The van der Waals surface area contributed by atoms with Crippen molar-refractivity contribution in [2.75, 3.05) is 26.2 Å². The largest absolute Gasteiger partial charge is 0.337 e. The molecular formula is C23H31N5O3. The fourth-order valence-electron chi connectivity index (χ4n) is 4.25. The number of likely N-dealkylation sites (N-methyl/N-ethyl adjacent to an activating group) is 1. The normalized spacial score (nSPS) is 21.6. The summed E-state index contributed by atoms with van der Waals surface area (Å²) in [5, 5.41) is 6.08. The van der Waals surface area contributed by atoms with Crippen LogP contribution in [0.5, 0.6) is 0 Å². The highest BCUT2D eigenvalue weighted by Gasteiger charge is 2.50. The van der Waals surface area contributed by atoms with Crippen molar-refractivity contribution in [3.05, 3.63) is 35.9 Å². The Morgan fingerprint density at radius 2 is 1.97 bits per heavy atom. The summed E-state index contributed by atoms with van der Waals surface area (Å²) in [5.41, 5.74) is 0.971. The minimum atomic E-state index is -0.579. The SMILES string of the molecule is C#CCN1CC(=O)N2[C@@H](CCCC)C(=O)N(CC)C[C@@H]2N1C(=O)NCc1ccccc1. The fourth-order valence-corrected chi connectivity index (χ4v) is 4.25. The summed E-state index contributed by atoms with van der Waals surface area (Å²) in [6, 6.07) is 8.73. The molecule has 2 saturated heterocycles. The lowest BCUT2D eigenvalue weighted by molar-refractivity contribution is -0.189. The van der Waals surface area contributed by atoms with Gasteiger partial charge in [0.1, 0.15) is 12.2 Å². The Kier molecular flexibility index (Phi) is 7.53. The van der Waals surface area contributed by atoms with Gasteiger partial charge in [0.25, 0.3) is 0 Å². The molecule has 0 spiro atoms. The minimum Gasteiger partial charge on any atom is -0.337 e. The minimum absolute atomic E-state index is 0.0263. The summed E-state index contributed by atoms with van der Waals surface area (Å²) in [6.07, 6.45) is 7.29. The van der Waals surface area contributed by atoms with E-state index >= 15 is 0 Å². The third kappa shape index (κ3) is 4.83. The number of rotatable bonds is 7. The number of piperazine rings is 1.